The molecule has 14 heavy (non-hydrogen) atoms. The molecule has 1 atom stereocenters. The molecule has 0 bridgehead atoms. The average molecular weight is 199 g/mol. The van der Waals surface area contributed by atoms with Gasteiger partial charge in [0.2, 0.25) is 0 Å². The summed E-state index contributed by atoms with van der Waals surface area (Å²) in [5.41, 5.74) is 0. The van der Waals surface area contributed by atoms with E-state index in [4.69, 9.17) is 5.11 Å². The smallest absolute Gasteiger partial charge is 0.303 e. The summed E-state index contributed by atoms with van der Waals surface area (Å²) in [6, 6.07) is 0.745. The van der Waals surface area contributed by atoms with Crippen LogP contribution in [0, 0.1) is 0 Å². The van der Waals surface area contributed by atoms with Crippen LogP contribution in [0.1, 0.15) is 45.4 Å². The predicted octanol–water partition coefficient (Wildman–Crippen LogP) is 2.12. The summed E-state index contributed by atoms with van der Waals surface area (Å²) >= 11 is 0. The minimum Gasteiger partial charge on any atom is -0.481 e. The van der Waals surface area contributed by atoms with Crippen LogP contribution in [0.2, 0.25) is 0 Å². The van der Waals surface area contributed by atoms with E-state index in [0.29, 0.717) is 6.42 Å². The summed E-state index contributed by atoms with van der Waals surface area (Å²) in [6.07, 6.45) is 6.02. The number of hydrogen-bond acceptors (Lipinski definition) is 2. The van der Waals surface area contributed by atoms with Gasteiger partial charge in [-0.1, -0.05) is 6.42 Å². The summed E-state index contributed by atoms with van der Waals surface area (Å²) in [5, 5.41) is 8.46. The molecule has 0 unspecified atom stereocenters. The van der Waals surface area contributed by atoms with Gasteiger partial charge in [0.15, 0.2) is 0 Å². The normalized spacial score (nSPS) is 22.8. The van der Waals surface area contributed by atoms with E-state index in [-0.39, 0.29) is 0 Å². The topological polar surface area (TPSA) is 40.5 Å². The van der Waals surface area contributed by atoms with Crippen LogP contribution in [0.5, 0.6) is 0 Å². The van der Waals surface area contributed by atoms with Crippen LogP contribution in [-0.2, 0) is 4.79 Å². The van der Waals surface area contributed by atoms with E-state index in [0.717, 1.165) is 31.8 Å². The molecule has 1 fully saturated rings. The van der Waals surface area contributed by atoms with E-state index in [1.54, 1.807) is 0 Å². The number of nitrogens with zero attached hydrogens (tertiary/aromatic N) is 1. The van der Waals surface area contributed by atoms with Gasteiger partial charge >= 0.3 is 5.97 Å². The first-order valence-electron chi connectivity index (χ1n) is 5.66. The lowest BCUT2D eigenvalue weighted by Gasteiger charge is -2.20. The van der Waals surface area contributed by atoms with Gasteiger partial charge in [0.05, 0.1) is 0 Å². The van der Waals surface area contributed by atoms with Gasteiger partial charge in [-0.15, -0.1) is 0 Å². The van der Waals surface area contributed by atoms with Crippen molar-refractivity contribution in [1.29, 1.82) is 0 Å². The average Bonchev–Trinajstić information content (AvgIpc) is 2.51. The Hall–Kier alpha value is -0.570. The molecule has 0 aromatic carbocycles. The van der Waals surface area contributed by atoms with E-state index in [9.17, 15) is 4.79 Å². The number of aliphatic carboxylic acids is 1. The molecule has 0 aromatic rings. The maximum absolute atomic E-state index is 10.3. The zero-order valence-electron chi connectivity index (χ0n) is 9.04. The highest BCUT2D eigenvalue weighted by Crippen LogP contribution is 2.16. The van der Waals surface area contributed by atoms with Gasteiger partial charge in [0.25, 0.3) is 0 Å². The van der Waals surface area contributed by atoms with Crippen molar-refractivity contribution in [3.63, 3.8) is 0 Å². The van der Waals surface area contributed by atoms with Crippen LogP contribution in [0.4, 0.5) is 0 Å². The molecule has 0 saturated carbocycles. The van der Waals surface area contributed by atoms with Crippen molar-refractivity contribution in [2.75, 3.05) is 13.1 Å². The number of likely N-dealkylation sites (tertiary alicyclic amines) is 1. The van der Waals surface area contributed by atoms with Crippen LogP contribution >= 0.6 is 0 Å². The van der Waals surface area contributed by atoms with Gasteiger partial charge in [0.1, 0.15) is 0 Å². The second-order valence-electron chi connectivity index (χ2n) is 4.23. The van der Waals surface area contributed by atoms with Crippen molar-refractivity contribution in [2.45, 2.75) is 51.5 Å². The summed E-state index contributed by atoms with van der Waals surface area (Å²) in [6.45, 7) is 4.67. The third-order valence-electron chi connectivity index (χ3n) is 3.03. The maximum atomic E-state index is 10.3. The molecule has 0 aliphatic carbocycles. The third kappa shape index (κ3) is 4.09. The summed E-state index contributed by atoms with van der Waals surface area (Å²) in [7, 11) is 0. The monoisotopic (exact) mass is 199 g/mol. The van der Waals surface area contributed by atoms with E-state index < -0.39 is 5.97 Å². The largest absolute Gasteiger partial charge is 0.481 e. The van der Waals surface area contributed by atoms with Gasteiger partial charge < -0.3 is 10.0 Å². The van der Waals surface area contributed by atoms with E-state index in [1.165, 1.54) is 19.4 Å². The molecule has 1 aliphatic rings. The first kappa shape index (κ1) is 11.5. The van der Waals surface area contributed by atoms with Crippen molar-refractivity contribution < 1.29 is 9.90 Å². The fraction of sp³-hybridized carbons (Fsp3) is 0.909. The van der Waals surface area contributed by atoms with E-state index >= 15 is 0 Å². The second-order valence-corrected chi connectivity index (χ2v) is 4.23. The zero-order valence-corrected chi connectivity index (χ0v) is 9.04. The second kappa shape index (κ2) is 6.02. The van der Waals surface area contributed by atoms with Crippen molar-refractivity contribution in [3.8, 4) is 0 Å². The molecule has 1 rings (SSSR count). The fourth-order valence-electron chi connectivity index (χ4n) is 2.09. The molecule has 0 amide bonds. The SMILES string of the molecule is C[C@@H]1CCCN1CCCCCC(=O)O. The summed E-state index contributed by atoms with van der Waals surface area (Å²) < 4.78 is 0. The Balaban J connectivity index is 1.95. The van der Waals surface area contributed by atoms with Crippen LogP contribution in [0.3, 0.4) is 0 Å². The van der Waals surface area contributed by atoms with E-state index in [2.05, 4.69) is 11.8 Å². The molecular weight excluding hydrogens is 178 g/mol. The number of hydrogen-bond donors (Lipinski definition) is 1. The molecule has 1 N–H and O–H groups in total. The van der Waals surface area contributed by atoms with Crippen molar-refractivity contribution in [2.24, 2.45) is 0 Å². The summed E-state index contributed by atoms with van der Waals surface area (Å²) in [4.78, 5) is 12.8. The Morgan fingerprint density at radius 3 is 2.79 bits per heavy atom. The maximum Gasteiger partial charge on any atom is 0.303 e. The van der Waals surface area contributed by atoms with Crippen LogP contribution in [0.15, 0.2) is 0 Å². The predicted molar refractivity (Wildman–Crippen MR) is 56.4 cm³/mol. The molecule has 3 heteroatoms. The number of carbonyl (C=O) groups is 1. The highest BCUT2D eigenvalue weighted by molar-refractivity contribution is 5.66. The first-order valence-corrected chi connectivity index (χ1v) is 5.66. The lowest BCUT2D eigenvalue weighted by Crippen LogP contribution is -2.27. The minimum atomic E-state index is -0.667. The number of rotatable bonds is 6. The molecule has 0 spiro atoms. The van der Waals surface area contributed by atoms with Crippen molar-refractivity contribution in [1.82, 2.24) is 4.90 Å². The zero-order chi connectivity index (χ0) is 10.4. The van der Waals surface area contributed by atoms with Gasteiger partial charge in [0, 0.05) is 12.5 Å². The number of carboxylic acid groups (broad SMARTS) is 1. The lowest BCUT2D eigenvalue weighted by atomic mass is 10.2. The molecule has 3 nitrogen and oxygen atoms in total. The van der Waals surface area contributed by atoms with Gasteiger partial charge in [-0.2, -0.15) is 0 Å². The Kier molecular flexibility index (Phi) is 4.94. The molecular formula is C11H21NO2. The molecule has 82 valence electrons. The summed E-state index contributed by atoms with van der Waals surface area (Å²) in [5.74, 6) is -0.667. The Labute approximate surface area is 86.1 Å². The number of carboxylic acids is 1. The number of unbranched alkanes of at least 4 members (excludes halogenated alkanes) is 2. The van der Waals surface area contributed by atoms with Crippen molar-refractivity contribution >= 4 is 5.97 Å². The van der Waals surface area contributed by atoms with Crippen LogP contribution < -0.4 is 0 Å². The van der Waals surface area contributed by atoms with Gasteiger partial charge in [-0.3, -0.25) is 4.79 Å². The highest BCUT2D eigenvalue weighted by atomic mass is 16.4. The van der Waals surface area contributed by atoms with Crippen LogP contribution in [0.25, 0.3) is 0 Å². The van der Waals surface area contributed by atoms with Crippen molar-refractivity contribution in [3.05, 3.63) is 0 Å². The molecule has 1 saturated heterocycles. The minimum absolute atomic E-state index is 0.329. The molecule has 1 heterocycles. The lowest BCUT2D eigenvalue weighted by molar-refractivity contribution is -0.137. The third-order valence-corrected chi connectivity index (χ3v) is 3.03. The standard InChI is InChI=1S/C11H21NO2/c1-10-6-5-9-12(10)8-4-2-3-7-11(13)14/h10H,2-9H2,1H3,(H,13,14)/t10-/m1/s1. The highest BCUT2D eigenvalue weighted by Gasteiger charge is 2.18. The Bertz CT molecular complexity index is 182. The van der Waals surface area contributed by atoms with E-state index in [1.807, 2.05) is 0 Å². The van der Waals surface area contributed by atoms with Gasteiger partial charge in [-0.25, -0.2) is 0 Å². The Morgan fingerprint density at radius 1 is 1.43 bits per heavy atom. The van der Waals surface area contributed by atoms with Gasteiger partial charge in [-0.05, 0) is 45.7 Å². The first-order chi connectivity index (χ1) is 6.70. The fourth-order valence-corrected chi connectivity index (χ4v) is 2.09. The van der Waals surface area contributed by atoms with Crippen LogP contribution in [-0.4, -0.2) is 35.1 Å². The molecule has 0 radical (unpaired) electrons. The molecule has 1 aliphatic heterocycles. The molecule has 0 aromatic heterocycles. The Morgan fingerprint density at radius 2 is 2.21 bits per heavy atom. The quantitative estimate of drug-likeness (QED) is 0.666.